The van der Waals surface area contributed by atoms with Crippen LogP contribution in [0.3, 0.4) is 0 Å². The molecular weight excluding hydrogens is 206 g/mol. The molecule has 0 radical (unpaired) electrons. The second kappa shape index (κ2) is 5.22. The summed E-state index contributed by atoms with van der Waals surface area (Å²) in [5.41, 5.74) is 4.64. The Morgan fingerprint density at radius 3 is 2.18 bits per heavy atom. The summed E-state index contributed by atoms with van der Waals surface area (Å²) < 4.78 is 0. The fourth-order valence-corrected chi connectivity index (χ4v) is 2.64. The maximum absolute atomic E-state index is 2.59. The summed E-state index contributed by atoms with van der Waals surface area (Å²) in [4.78, 5) is 2.59. The van der Waals surface area contributed by atoms with E-state index in [0.717, 1.165) is 0 Å². The molecule has 1 heterocycles. The van der Waals surface area contributed by atoms with Crippen LogP contribution in [-0.4, -0.2) is 24.0 Å². The smallest absolute Gasteiger partial charge is 0.00388 e. The van der Waals surface area contributed by atoms with E-state index < -0.39 is 0 Å². The van der Waals surface area contributed by atoms with E-state index >= 15 is 0 Å². The summed E-state index contributed by atoms with van der Waals surface area (Å²) in [6, 6.07) is 7.78. The van der Waals surface area contributed by atoms with Gasteiger partial charge in [-0.3, -0.25) is 0 Å². The van der Waals surface area contributed by atoms with Crippen LogP contribution in [0.1, 0.15) is 50.3 Å². The van der Waals surface area contributed by atoms with Gasteiger partial charge >= 0.3 is 0 Å². The first kappa shape index (κ1) is 12.6. The molecule has 17 heavy (non-hydrogen) atoms. The van der Waals surface area contributed by atoms with Crippen LogP contribution in [0.2, 0.25) is 0 Å². The van der Waals surface area contributed by atoms with Gasteiger partial charge in [0.05, 0.1) is 0 Å². The Hall–Kier alpha value is -0.820. The third kappa shape index (κ3) is 2.90. The monoisotopic (exact) mass is 231 g/mol. The quantitative estimate of drug-likeness (QED) is 0.751. The molecule has 0 bridgehead atoms. The van der Waals surface area contributed by atoms with Crippen LogP contribution in [0.25, 0.3) is 0 Å². The molecule has 1 aliphatic heterocycles. The molecule has 0 amide bonds. The zero-order chi connectivity index (χ0) is 12.4. The Labute approximate surface area is 106 Å². The van der Waals surface area contributed by atoms with Crippen molar-refractivity contribution >= 4 is 0 Å². The van der Waals surface area contributed by atoms with Gasteiger partial charge in [0.2, 0.25) is 0 Å². The summed E-state index contributed by atoms with van der Waals surface area (Å²) in [7, 11) is 0. The zero-order valence-electron chi connectivity index (χ0n) is 11.7. The van der Waals surface area contributed by atoms with Crippen molar-refractivity contribution in [2.75, 3.05) is 13.1 Å². The van der Waals surface area contributed by atoms with Crippen LogP contribution < -0.4 is 0 Å². The minimum absolute atomic E-state index is 0.643. The molecule has 0 aromatic heterocycles. The lowest BCUT2D eigenvalue weighted by atomic mass is 9.95. The average molecular weight is 231 g/mol. The lowest BCUT2D eigenvalue weighted by Gasteiger charge is -2.23. The second-order valence-corrected chi connectivity index (χ2v) is 5.81. The Kier molecular flexibility index (Phi) is 3.88. The van der Waals surface area contributed by atoms with Crippen LogP contribution in [0.4, 0.5) is 0 Å². The van der Waals surface area contributed by atoms with Gasteiger partial charge in [0.1, 0.15) is 0 Å². The average Bonchev–Trinajstić information content (AvgIpc) is 2.50. The third-order valence-electron chi connectivity index (χ3n) is 3.96. The van der Waals surface area contributed by atoms with E-state index in [9.17, 15) is 0 Å². The van der Waals surface area contributed by atoms with E-state index in [-0.39, 0.29) is 0 Å². The minimum atomic E-state index is 0.643. The second-order valence-electron chi connectivity index (χ2n) is 5.81. The molecule has 1 aliphatic rings. The van der Waals surface area contributed by atoms with Crippen molar-refractivity contribution in [3.05, 3.63) is 34.9 Å². The van der Waals surface area contributed by atoms with Crippen molar-refractivity contribution in [1.82, 2.24) is 4.90 Å². The van der Waals surface area contributed by atoms with E-state index in [4.69, 9.17) is 0 Å². The van der Waals surface area contributed by atoms with Gasteiger partial charge in [-0.2, -0.15) is 0 Å². The number of benzene rings is 1. The predicted molar refractivity (Wildman–Crippen MR) is 74.6 cm³/mol. The largest absolute Gasteiger partial charge is 0.300 e. The Morgan fingerprint density at radius 2 is 1.59 bits per heavy atom. The number of fused-ring (bicyclic) bond motifs is 1. The van der Waals surface area contributed by atoms with Gasteiger partial charge in [-0.25, -0.2) is 0 Å². The molecule has 0 saturated carbocycles. The molecular formula is C16H25N. The van der Waals surface area contributed by atoms with Crippen molar-refractivity contribution in [1.29, 1.82) is 0 Å². The van der Waals surface area contributed by atoms with Gasteiger partial charge in [-0.05, 0) is 49.3 Å². The molecule has 0 spiro atoms. The van der Waals surface area contributed by atoms with Crippen molar-refractivity contribution in [3.8, 4) is 0 Å². The predicted octanol–water partition coefficient (Wildman–Crippen LogP) is 3.62. The first-order valence-corrected chi connectivity index (χ1v) is 6.93. The van der Waals surface area contributed by atoms with E-state index in [1.165, 1.54) is 31.5 Å². The molecule has 0 aliphatic carbocycles. The Balaban J connectivity index is 2.19. The highest BCUT2D eigenvalue weighted by atomic mass is 15.1. The zero-order valence-corrected chi connectivity index (χ0v) is 11.7. The number of rotatable bonds is 2. The van der Waals surface area contributed by atoms with Crippen molar-refractivity contribution in [3.63, 3.8) is 0 Å². The van der Waals surface area contributed by atoms with Gasteiger partial charge in [0.15, 0.2) is 0 Å². The highest BCUT2D eigenvalue weighted by Gasteiger charge is 2.16. The summed E-state index contributed by atoms with van der Waals surface area (Å²) >= 11 is 0. The summed E-state index contributed by atoms with van der Waals surface area (Å²) in [6.07, 6.45) is 2.43. The van der Waals surface area contributed by atoms with Gasteiger partial charge in [-0.1, -0.05) is 32.0 Å². The standard InChI is InChI=1S/C16H25N/c1-12(2)15-6-5-14-7-9-17(13(3)4)10-8-16(14)11-15/h5-6,11-13H,7-10H2,1-4H3. The van der Waals surface area contributed by atoms with E-state index in [1.54, 1.807) is 11.1 Å². The molecule has 1 aromatic carbocycles. The normalized spacial score (nSPS) is 17.3. The minimum Gasteiger partial charge on any atom is -0.300 e. The molecule has 1 heteroatoms. The fraction of sp³-hybridized carbons (Fsp3) is 0.625. The molecule has 0 unspecified atom stereocenters. The molecule has 0 atom stereocenters. The van der Waals surface area contributed by atoms with Gasteiger partial charge in [0.25, 0.3) is 0 Å². The first-order valence-electron chi connectivity index (χ1n) is 6.93. The summed E-state index contributed by atoms with van der Waals surface area (Å²) in [5.74, 6) is 0.643. The third-order valence-corrected chi connectivity index (χ3v) is 3.96. The van der Waals surface area contributed by atoms with Crippen LogP contribution in [0.15, 0.2) is 18.2 Å². The van der Waals surface area contributed by atoms with Crippen molar-refractivity contribution < 1.29 is 0 Å². The first-order chi connectivity index (χ1) is 8.08. The van der Waals surface area contributed by atoms with Crippen molar-refractivity contribution in [2.45, 2.75) is 52.5 Å². The maximum Gasteiger partial charge on any atom is 0.00388 e. The molecule has 2 rings (SSSR count). The highest BCUT2D eigenvalue weighted by Crippen LogP contribution is 2.22. The molecule has 0 N–H and O–H groups in total. The lowest BCUT2D eigenvalue weighted by molar-refractivity contribution is 0.233. The summed E-state index contributed by atoms with van der Waals surface area (Å²) in [5, 5.41) is 0. The van der Waals surface area contributed by atoms with Crippen LogP contribution in [0, 0.1) is 0 Å². The summed E-state index contributed by atoms with van der Waals surface area (Å²) in [6.45, 7) is 11.6. The highest BCUT2D eigenvalue weighted by molar-refractivity contribution is 5.34. The fourth-order valence-electron chi connectivity index (χ4n) is 2.64. The topological polar surface area (TPSA) is 3.24 Å². The van der Waals surface area contributed by atoms with E-state index in [1.807, 2.05) is 0 Å². The molecule has 1 nitrogen and oxygen atoms in total. The molecule has 1 aromatic rings. The number of nitrogens with zero attached hydrogens (tertiary/aromatic N) is 1. The van der Waals surface area contributed by atoms with Gasteiger partial charge in [-0.15, -0.1) is 0 Å². The Bertz CT molecular complexity index is 379. The van der Waals surface area contributed by atoms with E-state index in [0.29, 0.717) is 12.0 Å². The number of hydrogen-bond acceptors (Lipinski definition) is 1. The van der Waals surface area contributed by atoms with Crippen LogP contribution in [-0.2, 0) is 12.8 Å². The number of hydrogen-bond donors (Lipinski definition) is 0. The Morgan fingerprint density at radius 1 is 0.941 bits per heavy atom. The van der Waals surface area contributed by atoms with Gasteiger partial charge < -0.3 is 4.90 Å². The van der Waals surface area contributed by atoms with Gasteiger partial charge in [0, 0.05) is 19.1 Å². The molecule has 0 saturated heterocycles. The maximum atomic E-state index is 2.59. The van der Waals surface area contributed by atoms with Crippen LogP contribution >= 0.6 is 0 Å². The lowest BCUT2D eigenvalue weighted by Crippen LogP contribution is -2.32. The SMILES string of the molecule is CC(C)c1ccc2c(c1)CCN(C(C)C)CC2. The molecule has 94 valence electrons. The molecule has 0 fully saturated rings. The van der Waals surface area contributed by atoms with Crippen molar-refractivity contribution in [2.24, 2.45) is 0 Å². The van der Waals surface area contributed by atoms with E-state index in [2.05, 4.69) is 50.8 Å². The van der Waals surface area contributed by atoms with Crippen LogP contribution in [0.5, 0.6) is 0 Å².